The molecule has 4 heterocycles. The van der Waals surface area contributed by atoms with Crippen LogP contribution in [-0.4, -0.2) is 35.9 Å². The first-order valence-electron chi connectivity index (χ1n) is 11.1. The Morgan fingerprint density at radius 3 is 2.20 bits per heavy atom. The van der Waals surface area contributed by atoms with Gasteiger partial charge < -0.3 is 4.52 Å². The number of pyridine rings is 2. The lowest BCUT2D eigenvalue weighted by Crippen LogP contribution is -2.13. The van der Waals surface area contributed by atoms with Gasteiger partial charge in [-0.3, -0.25) is 14.8 Å². The van der Waals surface area contributed by atoms with Crippen LogP contribution < -0.4 is 0 Å². The standard InChI is InChI=1S/C25H13ClF6N6O2/c26-19-10-34-6-3-17(19)20-18(12-40-36-20)23(39)21-22(14-1-4-33-5-2-14)38(37-35-21)11-13-7-15(24(27,28)29)9-16(8-13)25(30,31)32/h1-10,12H,11H2. The Hall–Kier alpha value is -4.59. The maximum absolute atomic E-state index is 13.7. The molecule has 40 heavy (non-hydrogen) atoms. The lowest BCUT2D eigenvalue weighted by molar-refractivity contribution is -0.143. The largest absolute Gasteiger partial charge is 0.416 e. The van der Waals surface area contributed by atoms with Crippen LogP contribution in [0.25, 0.3) is 22.5 Å². The summed E-state index contributed by atoms with van der Waals surface area (Å²) >= 11 is 6.19. The quantitative estimate of drug-likeness (QED) is 0.171. The number of hydrogen-bond donors (Lipinski definition) is 0. The molecule has 0 bridgehead atoms. The van der Waals surface area contributed by atoms with Crippen molar-refractivity contribution in [3.63, 3.8) is 0 Å². The predicted molar refractivity (Wildman–Crippen MR) is 127 cm³/mol. The number of aromatic nitrogens is 6. The lowest BCUT2D eigenvalue weighted by atomic mass is 10.0. The van der Waals surface area contributed by atoms with Gasteiger partial charge in [0.25, 0.3) is 0 Å². The van der Waals surface area contributed by atoms with E-state index < -0.39 is 35.8 Å². The van der Waals surface area contributed by atoms with Gasteiger partial charge in [0.2, 0.25) is 5.78 Å². The van der Waals surface area contributed by atoms with Gasteiger partial charge in [0.15, 0.2) is 5.69 Å². The fraction of sp³-hybridized carbons (Fsp3) is 0.120. The van der Waals surface area contributed by atoms with E-state index >= 15 is 0 Å². The minimum Gasteiger partial charge on any atom is -0.363 e. The van der Waals surface area contributed by atoms with Gasteiger partial charge in [0, 0.05) is 35.9 Å². The zero-order valence-corrected chi connectivity index (χ0v) is 20.5. The topological polar surface area (TPSA) is 99.6 Å². The highest BCUT2D eigenvalue weighted by molar-refractivity contribution is 6.33. The van der Waals surface area contributed by atoms with Gasteiger partial charge in [-0.2, -0.15) is 26.3 Å². The number of carbonyl (C=O) groups excluding carboxylic acids is 1. The molecule has 5 rings (SSSR count). The average molecular weight is 579 g/mol. The molecule has 0 radical (unpaired) electrons. The number of nitrogens with zero attached hydrogens (tertiary/aromatic N) is 6. The molecule has 5 aromatic rings. The summed E-state index contributed by atoms with van der Waals surface area (Å²) in [6.45, 7) is -0.572. The summed E-state index contributed by atoms with van der Waals surface area (Å²) in [4.78, 5) is 21.4. The number of hydrogen-bond acceptors (Lipinski definition) is 7. The molecule has 0 saturated heterocycles. The molecule has 15 heteroatoms. The van der Waals surface area contributed by atoms with Crippen molar-refractivity contribution in [1.29, 1.82) is 0 Å². The van der Waals surface area contributed by atoms with E-state index in [1.54, 1.807) is 0 Å². The van der Waals surface area contributed by atoms with Crippen LogP contribution in [0.4, 0.5) is 26.3 Å². The second-order valence-electron chi connectivity index (χ2n) is 8.36. The highest BCUT2D eigenvalue weighted by atomic mass is 35.5. The average Bonchev–Trinajstić information content (AvgIpc) is 3.56. The Morgan fingerprint density at radius 2 is 1.57 bits per heavy atom. The summed E-state index contributed by atoms with van der Waals surface area (Å²) < 4.78 is 86.5. The van der Waals surface area contributed by atoms with Crippen LogP contribution in [0.15, 0.2) is 72.0 Å². The first kappa shape index (κ1) is 27.0. The maximum atomic E-state index is 13.7. The van der Waals surface area contributed by atoms with Crippen molar-refractivity contribution < 1.29 is 35.7 Å². The smallest absolute Gasteiger partial charge is 0.363 e. The minimum absolute atomic E-state index is 0.0198. The molecule has 1 aromatic carbocycles. The summed E-state index contributed by atoms with van der Waals surface area (Å²) in [5.74, 6) is -0.734. The summed E-state index contributed by atoms with van der Waals surface area (Å²) in [6, 6.07) is 5.66. The van der Waals surface area contributed by atoms with Gasteiger partial charge in [0.05, 0.1) is 28.3 Å². The second kappa shape index (κ2) is 10.2. The molecular formula is C25H13ClF6N6O2. The van der Waals surface area contributed by atoms with E-state index in [1.165, 1.54) is 43.0 Å². The van der Waals surface area contributed by atoms with Crippen LogP contribution in [0.1, 0.15) is 32.7 Å². The van der Waals surface area contributed by atoms with Gasteiger partial charge in [-0.25, -0.2) is 4.68 Å². The van der Waals surface area contributed by atoms with Crippen LogP contribution in [0.2, 0.25) is 5.02 Å². The molecule has 0 amide bonds. The third-order valence-electron chi connectivity index (χ3n) is 5.73. The zero-order valence-electron chi connectivity index (χ0n) is 19.7. The van der Waals surface area contributed by atoms with Crippen molar-refractivity contribution in [2.24, 2.45) is 0 Å². The van der Waals surface area contributed by atoms with E-state index in [1.807, 2.05) is 0 Å². The molecule has 8 nitrogen and oxygen atoms in total. The Balaban J connectivity index is 1.62. The first-order valence-corrected chi connectivity index (χ1v) is 11.5. The lowest BCUT2D eigenvalue weighted by Gasteiger charge is -2.15. The van der Waals surface area contributed by atoms with Crippen molar-refractivity contribution in [3.8, 4) is 22.5 Å². The van der Waals surface area contributed by atoms with E-state index in [9.17, 15) is 31.1 Å². The number of alkyl halides is 6. The molecule has 204 valence electrons. The van der Waals surface area contributed by atoms with Gasteiger partial charge >= 0.3 is 12.4 Å². The third-order valence-corrected chi connectivity index (χ3v) is 6.03. The molecule has 0 aliphatic rings. The van der Waals surface area contributed by atoms with Gasteiger partial charge in [0.1, 0.15) is 17.7 Å². The van der Waals surface area contributed by atoms with Crippen LogP contribution >= 0.6 is 11.6 Å². The third kappa shape index (κ3) is 5.30. The molecule has 0 atom stereocenters. The molecule has 0 aliphatic heterocycles. The minimum atomic E-state index is -5.04. The number of ketones is 1. The maximum Gasteiger partial charge on any atom is 0.416 e. The number of benzene rings is 1. The van der Waals surface area contributed by atoms with Crippen LogP contribution in [0.3, 0.4) is 0 Å². The highest BCUT2D eigenvalue weighted by Gasteiger charge is 2.37. The Bertz CT molecular complexity index is 1670. The molecule has 4 aromatic heterocycles. The molecule has 0 saturated carbocycles. The molecule has 0 aliphatic carbocycles. The Labute approximate surface area is 225 Å². The van der Waals surface area contributed by atoms with Crippen molar-refractivity contribution in [1.82, 2.24) is 30.1 Å². The van der Waals surface area contributed by atoms with Crippen LogP contribution in [-0.2, 0) is 18.9 Å². The van der Waals surface area contributed by atoms with Crippen molar-refractivity contribution >= 4 is 17.4 Å². The summed E-state index contributed by atoms with van der Waals surface area (Å²) in [6.07, 6.45) is -3.48. The summed E-state index contributed by atoms with van der Waals surface area (Å²) in [5.41, 5.74) is -2.91. The van der Waals surface area contributed by atoms with Crippen LogP contribution in [0.5, 0.6) is 0 Å². The van der Waals surface area contributed by atoms with Crippen molar-refractivity contribution in [3.05, 3.63) is 100 Å². The Morgan fingerprint density at radius 1 is 0.925 bits per heavy atom. The SMILES string of the molecule is O=C(c1conc1-c1ccncc1Cl)c1nnn(Cc2cc(C(F)(F)F)cc(C(F)(F)F)c2)c1-c1ccncc1. The fourth-order valence-electron chi connectivity index (χ4n) is 3.94. The van der Waals surface area contributed by atoms with E-state index in [4.69, 9.17) is 16.1 Å². The van der Waals surface area contributed by atoms with Gasteiger partial charge in [-0.1, -0.05) is 22.0 Å². The number of carbonyl (C=O) groups is 1. The van der Waals surface area contributed by atoms with Gasteiger partial charge in [-0.05, 0) is 42.0 Å². The molecule has 0 spiro atoms. The monoisotopic (exact) mass is 578 g/mol. The van der Waals surface area contributed by atoms with Crippen molar-refractivity contribution in [2.45, 2.75) is 18.9 Å². The normalized spacial score (nSPS) is 12.1. The zero-order chi connectivity index (χ0) is 28.7. The number of rotatable bonds is 6. The molecule has 0 unspecified atom stereocenters. The molecule has 0 N–H and O–H groups in total. The van der Waals surface area contributed by atoms with Crippen LogP contribution in [0, 0.1) is 0 Å². The molecular weight excluding hydrogens is 566 g/mol. The summed E-state index contributed by atoms with van der Waals surface area (Å²) in [7, 11) is 0. The predicted octanol–water partition coefficient (Wildman–Crippen LogP) is 6.36. The van der Waals surface area contributed by atoms with Gasteiger partial charge in [-0.15, -0.1) is 5.10 Å². The van der Waals surface area contributed by atoms with Crippen molar-refractivity contribution in [2.75, 3.05) is 0 Å². The second-order valence-corrected chi connectivity index (χ2v) is 8.76. The van der Waals surface area contributed by atoms with E-state index in [2.05, 4.69) is 25.4 Å². The van der Waals surface area contributed by atoms with E-state index in [0.29, 0.717) is 23.3 Å². The van der Waals surface area contributed by atoms with E-state index in [0.717, 1.165) is 10.9 Å². The first-order chi connectivity index (χ1) is 18.9. The van der Waals surface area contributed by atoms with E-state index in [-0.39, 0.29) is 39.3 Å². The highest BCUT2D eigenvalue weighted by Crippen LogP contribution is 2.37. The summed E-state index contributed by atoms with van der Waals surface area (Å²) in [5, 5.41) is 11.9. The number of halogens is 7. The Kier molecular flexibility index (Phi) is 6.87. The molecule has 0 fully saturated rings. The fourth-order valence-corrected chi connectivity index (χ4v) is 4.15.